The van der Waals surface area contributed by atoms with Crippen LogP contribution < -0.4 is 0 Å². The van der Waals surface area contributed by atoms with Crippen LogP contribution >= 0.6 is 21.8 Å². The van der Waals surface area contributed by atoms with E-state index in [1.807, 2.05) is 13.8 Å². The first-order chi connectivity index (χ1) is 22.7. The van der Waals surface area contributed by atoms with Gasteiger partial charge >= 0.3 is 32.0 Å². The Balaban J connectivity index is 0.000000911. The molecule has 298 valence electrons. The third-order valence-corrected chi connectivity index (χ3v) is 34.3. The fraction of sp³-hybridized carbons (Fsp3) is 0.806. The summed E-state index contributed by atoms with van der Waals surface area (Å²) in [5, 5.41) is 0. The Hall–Kier alpha value is 0.0282. The van der Waals surface area contributed by atoms with Crippen LogP contribution in [0.5, 0.6) is 0 Å². The lowest BCUT2D eigenvalue weighted by atomic mass is 10.3. The molecule has 4 amide bonds. The van der Waals surface area contributed by atoms with Crippen LogP contribution in [0.3, 0.4) is 0 Å². The van der Waals surface area contributed by atoms with Gasteiger partial charge in [0.05, 0.1) is 0 Å². The Morgan fingerprint density at radius 3 is 1.04 bits per heavy atom. The molecule has 12 nitrogen and oxygen atoms in total. The highest BCUT2D eigenvalue weighted by Gasteiger charge is 2.55. The van der Waals surface area contributed by atoms with Gasteiger partial charge in [0.15, 0.2) is 25.0 Å². The van der Waals surface area contributed by atoms with Crippen molar-refractivity contribution in [3.05, 3.63) is 12.2 Å². The molecule has 0 bridgehead atoms. The van der Waals surface area contributed by atoms with Crippen LogP contribution in [0.15, 0.2) is 12.2 Å². The van der Waals surface area contributed by atoms with Crippen LogP contribution in [0.2, 0.25) is 98.2 Å². The lowest BCUT2D eigenvalue weighted by Gasteiger charge is -2.43. The second-order valence-corrected chi connectivity index (χ2v) is 47.8. The van der Waals surface area contributed by atoms with E-state index in [2.05, 4.69) is 120 Å². The number of hydrogen-bond donors (Lipinski definition) is 0. The van der Waals surface area contributed by atoms with Crippen molar-refractivity contribution in [2.24, 2.45) is 0 Å². The molecule has 0 aromatic carbocycles. The van der Waals surface area contributed by atoms with Gasteiger partial charge in [0.2, 0.25) is 11.8 Å². The van der Waals surface area contributed by atoms with E-state index in [4.69, 9.17) is 24.7 Å². The lowest BCUT2D eigenvalue weighted by Crippen LogP contribution is -2.63. The van der Waals surface area contributed by atoms with Gasteiger partial charge in [-0.05, 0) is 133 Å². The van der Waals surface area contributed by atoms with Gasteiger partial charge in [0.25, 0.3) is 11.8 Å². The minimum atomic E-state index is -3.11. The summed E-state index contributed by atoms with van der Waals surface area (Å²) < 4.78 is 39.4. The van der Waals surface area contributed by atoms with Gasteiger partial charge in [-0.25, -0.2) is 0 Å². The Morgan fingerprint density at radius 2 is 0.784 bits per heavy atom. The molecule has 1 fully saturated rings. The average Bonchev–Trinajstić information content (AvgIpc) is 3.34. The summed E-state index contributed by atoms with van der Waals surface area (Å²) in [6.07, 6.45) is 4.20. The molecule has 2 heterocycles. The molecule has 0 atom stereocenters. The standard InChI is InChI=1S/C15H45IO6Si7.C8H13NO2.C8H11NO2/c1-23(2,3)17-26(10,11)20-29(16,21-27(12,13)18-24(4,5)6)22-28(14,15)19-25(7,8)9;2*1-2-3-6-9-7(10)4-5-8(9)11/h1-15H3;2-6H2,1H3;4-5H,2-3,6H2,1H3. The van der Waals surface area contributed by atoms with Crippen LogP contribution in [0.25, 0.3) is 0 Å². The van der Waals surface area contributed by atoms with E-state index in [1.165, 1.54) is 22.0 Å². The van der Waals surface area contributed by atoms with Crippen LogP contribution in [0.1, 0.15) is 52.4 Å². The Bertz CT molecular complexity index is 1090. The maximum atomic E-state index is 11.0. The van der Waals surface area contributed by atoms with Crippen molar-refractivity contribution in [3.8, 4) is 0 Å². The molecule has 0 radical (unpaired) electrons. The molecule has 0 aromatic rings. The zero-order valence-corrected chi connectivity index (χ0v) is 43.8. The van der Waals surface area contributed by atoms with Gasteiger partial charge in [-0.3, -0.25) is 29.0 Å². The van der Waals surface area contributed by atoms with E-state index in [0.717, 1.165) is 25.7 Å². The van der Waals surface area contributed by atoms with E-state index < -0.39 is 56.9 Å². The average molecular weight is 953 g/mol. The molecule has 0 spiro atoms. The van der Waals surface area contributed by atoms with Gasteiger partial charge in [0.1, 0.15) is 0 Å². The van der Waals surface area contributed by atoms with Gasteiger partial charge < -0.3 is 24.7 Å². The Kier molecular flexibility index (Phi) is 20.8. The molecule has 0 N–H and O–H groups in total. The van der Waals surface area contributed by atoms with E-state index in [-0.39, 0.29) is 23.6 Å². The predicted octanol–water partition coefficient (Wildman–Crippen LogP) is 8.21. The monoisotopic (exact) mass is 952 g/mol. The first-order valence-electron chi connectivity index (χ1n) is 18.0. The van der Waals surface area contributed by atoms with Gasteiger partial charge in [0, 0.05) is 38.1 Å². The topological polar surface area (TPSA) is 130 Å². The van der Waals surface area contributed by atoms with E-state index in [9.17, 15) is 19.2 Å². The van der Waals surface area contributed by atoms with Crippen molar-refractivity contribution in [1.82, 2.24) is 9.80 Å². The first kappa shape index (κ1) is 51.0. The highest BCUT2D eigenvalue weighted by atomic mass is 127. The van der Waals surface area contributed by atoms with Crippen LogP contribution in [0.4, 0.5) is 0 Å². The minimum absolute atomic E-state index is 0.00319. The molecule has 0 aromatic heterocycles. The number of carbonyl (C=O) groups is 4. The Labute approximate surface area is 329 Å². The molecule has 20 heteroatoms. The fourth-order valence-electron chi connectivity index (χ4n) is 5.37. The SMILES string of the molecule is CCCCN1C(=O)C=CC1=O.CCCCN1C(=O)CCC1=O.C[Si](C)(C)O[Si](C)(C)O[Si](I)(O[Si](C)(C)O[Si](C)(C)C)O[Si](C)(C)O[Si](C)(C)C. The number of unbranched alkanes of at least 4 members (excludes halogenated alkanes) is 2. The summed E-state index contributed by atoms with van der Waals surface area (Å²) >= 11 is 2.29. The van der Waals surface area contributed by atoms with Crippen molar-refractivity contribution in [1.29, 1.82) is 0 Å². The smallest absolute Gasteiger partial charge is 0.437 e. The molecule has 1 saturated heterocycles. The predicted molar refractivity (Wildman–Crippen MR) is 230 cm³/mol. The number of amides is 4. The minimum Gasteiger partial charge on any atom is -0.437 e. The summed E-state index contributed by atoms with van der Waals surface area (Å²) in [6, 6.07) is 0. The summed E-state index contributed by atoms with van der Waals surface area (Å²) in [5.74, 6) is -0.348. The number of likely N-dealkylation sites (tertiary alicyclic amines) is 1. The fourth-order valence-corrected chi connectivity index (χ4v) is 47.7. The highest BCUT2D eigenvalue weighted by Crippen LogP contribution is 2.34. The first-order valence-corrected chi connectivity index (χ1v) is 41.5. The van der Waals surface area contributed by atoms with Crippen molar-refractivity contribution in [3.63, 3.8) is 0 Å². The second-order valence-electron chi connectivity index (χ2n) is 16.9. The van der Waals surface area contributed by atoms with Gasteiger partial charge in [-0.15, -0.1) is 0 Å². The van der Waals surface area contributed by atoms with Crippen LogP contribution in [-0.2, 0) is 43.9 Å². The molecule has 2 aliphatic heterocycles. The second kappa shape index (κ2) is 20.8. The maximum absolute atomic E-state index is 11.0. The molecular formula is C31H69IN2O10Si7. The van der Waals surface area contributed by atoms with Crippen molar-refractivity contribution in [2.45, 2.75) is 151 Å². The van der Waals surface area contributed by atoms with Crippen LogP contribution in [0, 0.1) is 0 Å². The summed E-state index contributed by atoms with van der Waals surface area (Å²) in [4.78, 5) is 46.5. The molecule has 0 saturated carbocycles. The largest absolute Gasteiger partial charge is 0.545 e. The van der Waals surface area contributed by atoms with Gasteiger partial charge in [-0.1, -0.05) is 26.7 Å². The summed E-state index contributed by atoms with van der Waals surface area (Å²) in [5.41, 5.74) is 0. The molecule has 2 aliphatic rings. The lowest BCUT2D eigenvalue weighted by molar-refractivity contribution is -0.139. The van der Waals surface area contributed by atoms with Crippen molar-refractivity contribution < 1.29 is 43.9 Å². The number of rotatable bonds is 18. The quantitative estimate of drug-likeness (QED) is 0.0574. The van der Waals surface area contributed by atoms with Crippen molar-refractivity contribution >= 4 is 102 Å². The van der Waals surface area contributed by atoms with E-state index in [0.29, 0.717) is 25.9 Å². The van der Waals surface area contributed by atoms with Gasteiger partial charge in [-0.2, -0.15) is 0 Å². The normalized spacial score (nSPS) is 16.4. The maximum Gasteiger partial charge on any atom is 0.545 e. The molecule has 51 heavy (non-hydrogen) atoms. The molecule has 2 rings (SSSR count). The van der Waals surface area contributed by atoms with Crippen LogP contribution in [-0.4, -0.2) is 103 Å². The number of nitrogens with zero attached hydrogens (tertiary/aromatic N) is 2. The molecular weight excluding hydrogens is 884 g/mol. The zero-order chi connectivity index (χ0) is 40.3. The number of halogens is 1. The van der Waals surface area contributed by atoms with E-state index in [1.54, 1.807) is 0 Å². The molecule has 0 unspecified atom stereocenters. The highest BCUT2D eigenvalue weighted by molar-refractivity contribution is 14.1. The molecule has 0 aliphatic carbocycles. The van der Waals surface area contributed by atoms with Crippen molar-refractivity contribution in [2.75, 3.05) is 13.1 Å². The summed E-state index contributed by atoms with van der Waals surface area (Å²) in [6.45, 7) is 37.4. The third-order valence-electron chi connectivity index (χ3n) is 6.28. The Morgan fingerprint density at radius 1 is 0.510 bits per heavy atom. The number of hydrogen-bond acceptors (Lipinski definition) is 10. The summed E-state index contributed by atoms with van der Waals surface area (Å²) in [7, 11) is -12.7. The number of carbonyl (C=O) groups excluding carboxylic acids is 4. The third kappa shape index (κ3) is 23.5. The number of imide groups is 2. The van der Waals surface area contributed by atoms with E-state index >= 15 is 0 Å². The zero-order valence-electron chi connectivity index (χ0n) is 34.7.